The average molecular weight is 391 g/mol. The van der Waals surface area contributed by atoms with Crippen molar-refractivity contribution in [2.45, 2.75) is 108 Å². The lowest BCUT2D eigenvalue weighted by Crippen LogP contribution is -2.05. The summed E-state index contributed by atoms with van der Waals surface area (Å²) in [5.41, 5.74) is 0. The van der Waals surface area contributed by atoms with Gasteiger partial charge in [0.15, 0.2) is 0 Å². The second-order valence-electron chi connectivity index (χ2n) is 7.01. The molecule has 0 spiro atoms. The molecular weight excluding hydrogens is 348 g/mol. The molecule has 0 fully saturated rings. The number of thiol groups is 1. The number of esters is 1. The van der Waals surface area contributed by atoms with Crippen molar-refractivity contribution in [3.05, 3.63) is 0 Å². The van der Waals surface area contributed by atoms with E-state index in [-0.39, 0.29) is 5.97 Å². The minimum atomic E-state index is -0.0714. The first-order valence-electron chi connectivity index (χ1n) is 10.5. The smallest absolute Gasteiger partial charge is 0.305 e. The zero-order chi connectivity index (χ0) is 18.6. The molecular formula is C21H42O2S2. The summed E-state index contributed by atoms with van der Waals surface area (Å²) in [6.07, 6.45) is 19.1. The van der Waals surface area contributed by atoms with Crippen LogP contribution < -0.4 is 0 Å². The Balaban J connectivity index is 3.61. The molecule has 1 atom stereocenters. The van der Waals surface area contributed by atoms with Crippen LogP contribution in [0.15, 0.2) is 0 Å². The highest BCUT2D eigenvalue weighted by Gasteiger charge is 2.09. The second kappa shape index (κ2) is 20.5. The van der Waals surface area contributed by atoms with Crippen molar-refractivity contribution >= 4 is 30.4 Å². The van der Waals surface area contributed by atoms with Gasteiger partial charge < -0.3 is 4.74 Å². The highest BCUT2D eigenvalue weighted by atomic mass is 32.2. The summed E-state index contributed by atoms with van der Waals surface area (Å²) >= 11 is 6.50. The van der Waals surface area contributed by atoms with E-state index >= 15 is 0 Å². The fourth-order valence-electron chi connectivity index (χ4n) is 3.13. The van der Waals surface area contributed by atoms with Gasteiger partial charge in [-0.15, -0.1) is 0 Å². The Morgan fingerprint density at radius 2 is 1.40 bits per heavy atom. The third-order valence-corrected chi connectivity index (χ3v) is 6.62. The van der Waals surface area contributed by atoms with Gasteiger partial charge in [0.2, 0.25) is 0 Å². The number of rotatable bonds is 19. The minimum Gasteiger partial charge on any atom is -0.469 e. The maximum Gasteiger partial charge on any atom is 0.305 e. The van der Waals surface area contributed by atoms with Crippen molar-refractivity contribution in [1.82, 2.24) is 0 Å². The van der Waals surface area contributed by atoms with Crippen molar-refractivity contribution in [3.63, 3.8) is 0 Å². The van der Waals surface area contributed by atoms with Gasteiger partial charge in [-0.3, -0.25) is 4.79 Å². The molecule has 0 bridgehead atoms. The molecule has 0 amide bonds. The zero-order valence-electron chi connectivity index (χ0n) is 16.8. The summed E-state index contributed by atoms with van der Waals surface area (Å²) in [5.74, 6) is 2.10. The molecule has 0 aromatic heterocycles. The van der Waals surface area contributed by atoms with Crippen molar-refractivity contribution < 1.29 is 9.53 Å². The summed E-state index contributed by atoms with van der Waals surface area (Å²) < 4.78 is 4.67. The Hall–Kier alpha value is 0.170. The molecule has 0 aliphatic carbocycles. The minimum absolute atomic E-state index is 0.0714. The van der Waals surface area contributed by atoms with Crippen LogP contribution in [0, 0.1) is 0 Å². The topological polar surface area (TPSA) is 26.3 Å². The van der Waals surface area contributed by atoms with Crippen LogP contribution in [0.25, 0.3) is 0 Å². The molecule has 0 heterocycles. The first kappa shape index (κ1) is 25.2. The Bertz CT molecular complexity index is 285. The highest BCUT2D eigenvalue weighted by molar-refractivity contribution is 8.00. The Labute approximate surface area is 167 Å². The normalized spacial score (nSPS) is 12.3. The molecule has 0 aromatic rings. The van der Waals surface area contributed by atoms with Crippen molar-refractivity contribution in [2.75, 3.05) is 18.6 Å². The molecule has 150 valence electrons. The largest absolute Gasteiger partial charge is 0.469 e. The standard InChI is InChI=1S/C21H42O2S2/c1-3-4-5-6-7-9-12-15-20(25-19-18-24)16-13-10-8-11-14-17-21(22)23-2/h20,24H,3-19H2,1-2H3. The molecule has 0 aliphatic heterocycles. The van der Waals surface area contributed by atoms with Crippen LogP contribution in [-0.2, 0) is 9.53 Å². The van der Waals surface area contributed by atoms with Crippen molar-refractivity contribution in [1.29, 1.82) is 0 Å². The summed E-state index contributed by atoms with van der Waals surface area (Å²) in [6.45, 7) is 2.28. The first-order chi connectivity index (χ1) is 12.2. The summed E-state index contributed by atoms with van der Waals surface area (Å²) in [4.78, 5) is 11.1. The maximum absolute atomic E-state index is 11.1. The van der Waals surface area contributed by atoms with E-state index in [0.29, 0.717) is 6.42 Å². The Morgan fingerprint density at radius 3 is 1.92 bits per heavy atom. The molecule has 0 saturated carbocycles. The lowest BCUT2D eigenvalue weighted by atomic mass is 10.0. The van der Waals surface area contributed by atoms with E-state index in [2.05, 4.69) is 36.1 Å². The molecule has 4 heteroatoms. The van der Waals surface area contributed by atoms with E-state index in [1.54, 1.807) is 0 Å². The molecule has 1 unspecified atom stereocenters. The molecule has 0 N–H and O–H groups in total. The number of methoxy groups -OCH3 is 1. The number of unbranched alkanes of at least 4 members (excludes halogenated alkanes) is 10. The molecule has 25 heavy (non-hydrogen) atoms. The predicted molar refractivity (Wildman–Crippen MR) is 117 cm³/mol. The van der Waals surface area contributed by atoms with E-state index < -0.39 is 0 Å². The summed E-state index contributed by atoms with van der Waals surface area (Å²) in [7, 11) is 1.47. The summed E-state index contributed by atoms with van der Waals surface area (Å²) in [5, 5.41) is 0.831. The number of hydrogen-bond donors (Lipinski definition) is 1. The van der Waals surface area contributed by atoms with Gasteiger partial charge in [0.25, 0.3) is 0 Å². The van der Waals surface area contributed by atoms with Crippen LogP contribution in [0.2, 0.25) is 0 Å². The van der Waals surface area contributed by atoms with Crippen LogP contribution in [-0.4, -0.2) is 29.8 Å². The van der Waals surface area contributed by atoms with Gasteiger partial charge >= 0.3 is 5.97 Å². The van der Waals surface area contributed by atoms with Crippen LogP contribution >= 0.6 is 24.4 Å². The lowest BCUT2D eigenvalue weighted by molar-refractivity contribution is -0.140. The number of carbonyl (C=O) groups excluding carboxylic acids is 1. The fourth-order valence-corrected chi connectivity index (χ4v) is 4.55. The fraction of sp³-hybridized carbons (Fsp3) is 0.952. The number of thioether (sulfide) groups is 1. The summed E-state index contributed by atoms with van der Waals surface area (Å²) in [6, 6.07) is 0. The van der Waals surface area contributed by atoms with E-state index in [0.717, 1.165) is 23.8 Å². The van der Waals surface area contributed by atoms with E-state index in [1.165, 1.54) is 89.9 Å². The van der Waals surface area contributed by atoms with Gasteiger partial charge in [-0.2, -0.15) is 24.4 Å². The second-order valence-corrected chi connectivity index (χ2v) is 8.86. The molecule has 2 nitrogen and oxygen atoms in total. The molecule has 0 aliphatic rings. The lowest BCUT2D eigenvalue weighted by Gasteiger charge is -2.16. The molecule has 0 radical (unpaired) electrons. The Morgan fingerprint density at radius 1 is 0.880 bits per heavy atom. The molecule has 0 rings (SSSR count). The maximum atomic E-state index is 11.1. The van der Waals surface area contributed by atoms with E-state index in [1.807, 2.05) is 0 Å². The van der Waals surface area contributed by atoms with Crippen LogP contribution in [0.3, 0.4) is 0 Å². The van der Waals surface area contributed by atoms with Crippen LogP contribution in [0.4, 0.5) is 0 Å². The van der Waals surface area contributed by atoms with Gasteiger partial charge in [-0.25, -0.2) is 0 Å². The predicted octanol–water partition coefficient (Wildman–Crippen LogP) is 7.06. The average Bonchev–Trinajstić information content (AvgIpc) is 2.63. The van der Waals surface area contributed by atoms with Crippen LogP contribution in [0.5, 0.6) is 0 Å². The van der Waals surface area contributed by atoms with Gasteiger partial charge in [-0.1, -0.05) is 77.6 Å². The monoisotopic (exact) mass is 390 g/mol. The van der Waals surface area contributed by atoms with Gasteiger partial charge in [0.1, 0.15) is 0 Å². The number of hydrogen-bond acceptors (Lipinski definition) is 4. The third-order valence-electron chi connectivity index (χ3n) is 4.71. The van der Waals surface area contributed by atoms with Gasteiger partial charge in [-0.05, 0) is 25.0 Å². The highest BCUT2D eigenvalue weighted by Crippen LogP contribution is 2.24. The van der Waals surface area contributed by atoms with E-state index in [9.17, 15) is 4.79 Å². The van der Waals surface area contributed by atoms with Crippen LogP contribution in [0.1, 0.15) is 103 Å². The van der Waals surface area contributed by atoms with Gasteiger partial charge in [0.05, 0.1) is 7.11 Å². The van der Waals surface area contributed by atoms with Crippen molar-refractivity contribution in [3.8, 4) is 0 Å². The number of carbonyl (C=O) groups is 1. The van der Waals surface area contributed by atoms with E-state index in [4.69, 9.17) is 0 Å². The van der Waals surface area contributed by atoms with Gasteiger partial charge in [0, 0.05) is 17.4 Å². The third kappa shape index (κ3) is 18.8. The quantitative estimate of drug-likeness (QED) is 0.145. The number of ether oxygens (including phenoxy) is 1. The Kier molecular flexibility index (Phi) is 20.6. The SMILES string of the molecule is CCCCCCCCCC(CCCCCCCC(=O)OC)SCCS. The molecule has 0 aromatic carbocycles. The zero-order valence-corrected chi connectivity index (χ0v) is 18.5. The molecule has 0 saturated heterocycles. The first-order valence-corrected chi connectivity index (χ1v) is 12.2. The van der Waals surface area contributed by atoms with Crippen molar-refractivity contribution in [2.24, 2.45) is 0 Å².